The van der Waals surface area contributed by atoms with Crippen LogP contribution < -0.4 is 0 Å². The lowest BCUT2D eigenvalue weighted by atomic mass is 10.1. The molecule has 1 aromatic carbocycles. The van der Waals surface area contributed by atoms with Gasteiger partial charge >= 0.3 is 0 Å². The summed E-state index contributed by atoms with van der Waals surface area (Å²) in [5.41, 5.74) is 0.548. The minimum absolute atomic E-state index is 0.284. The van der Waals surface area contributed by atoms with Crippen molar-refractivity contribution in [3.05, 3.63) is 34.1 Å². The monoisotopic (exact) mass is 289 g/mol. The number of rotatable bonds is 4. The van der Waals surface area contributed by atoms with Crippen molar-refractivity contribution in [1.82, 2.24) is 4.90 Å². The van der Waals surface area contributed by atoms with Gasteiger partial charge in [0.1, 0.15) is 12.4 Å². The number of hydrogen-bond acceptors (Lipinski definition) is 2. The van der Waals surface area contributed by atoms with E-state index in [4.69, 9.17) is 5.11 Å². The molecule has 0 saturated carbocycles. The Morgan fingerprint density at radius 3 is 2.88 bits per heavy atom. The van der Waals surface area contributed by atoms with Crippen molar-refractivity contribution in [2.75, 3.05) is 20.2 Å². The maximum Gasteiger partial charge on any atom is 0.248 e. The molecule has 0 bridgehead atoms. The van der Waals surface area contributed by atoms with Crippen LogP contribution in [0.5, 0.6) is 0 Å². The Hall–Kier alpha value is -0.940. The van der Waals surface area contributed by atoms with E-state index in [0.717, 1.165) is 4.47 Å². The molecule has 3 nitrogen and oxygen atoms in total. The molecular weight excluding hydrogens is 277 g/mol. The zero-order valence-corrected chi connectivity index (χ0v) is 10.5. The maximum absolute atomic E-state index is 13.3. The molecular formula is C11H13BrFNO2. The van der Waals surface area contributed by atoms with Crippen molar-refractivity contribution in [3.8, 4) is 0 Å². The second-order valence-corrected chi connectivity index (χ2v) is 4.37. The van der Waals surface area contributed by atoms with Crippen LogP contribution in [0.4, 0.5) is 4.39 Å². The smallest absolute Gasteiger partial charge is 0.248 e. The predicted octanol–water partition coefficient (Wildman–Crippen LogP) is 1.58. The molecule has 0 heterocycles. The fourth-order valence-electron chi connectivity index (χ4n) is 1.27. The molecule has 0 aliphatic heterocycles. The van der Waals surface area contributed by atoms with Gasteiger partial charge in [-0.2, -0.15) is 0 Å². The van der Waals surface area contributed by atoms with Crippen LogP contribution in [-0.4, -0.2) is 36.1 Å². The molecule has 0 aliphatic rings. The predicted molar refractivity (Wildman–Crippen MR) is 62.5 cm³/mol. The van der Waals surface area contributed by atoms with E-state index in [0.29, 0.717) is 18.5 Å². The molecule has 0 saturated heterocycles. The average molecular weight is 290 g/mol. The summed E-state index contributed by atoms with van der Waals surface area (Å²) in [6, 6.07) is 4.70. The summed E-state index contributed by atoms with van der Waals surface area (Å²) >= 11 is 3.26. The van der Waals surface area contributed by atoms with Crippen LogP contribution in [0.15, 0.2) is 22.7 Å². The Bertz CT molecular complexity index is 384. The molecule has 0 radical (unpaired) electrons. The van der Waals surface area contributed by atoms with Crippen molar-refractivity contribution in [1.29, 1.82) is 0 Å². The summed E-state index contributed by atoms with van der Waals surface area (Å²) in [6.07, 6.45) is 0.424. The first-order chi connectivity index (χ1) is 7.54. The van der Waals surface area contributed by atoms with Gasteiger partial charge in [-0.05, 0) is 30.2 Å². The Balaban J connectivity index is 2.60. The van der Waals surface area contributed by atoms with Crippen LogP contribution >= 0.6 is 15.9 Å². The third-order valence-corrected chi connectivity index (χ3v) is 2.78. The normalized spacial score (nSPS) is 10.2. The van der Waals surface area contributed by atoms with Gasteiger partial charge in [0.2, 0.25) is 5.91 Å². The number of halogens is 2. The molecule has 5 heteroatoms. The molecule has 0 spiro atoms. The molecule has 1 aromatic rings. The fraction of sp³-hybridized carbons (Fsp3) is 0.364. The van der Waals surface area contributed by atoms with Gasteiger partial charge in [0.05, 0.1) is 0 Å². The van der Waals surface area contributed by atoms with Crippen molar-refractivity contribution >= 4 is 21.8 Å². The quantitative estimate of drug-likeness (QED) is 0.914. The van der Waals surface area contributed by atoms with E-state index in [1.54, 1.807) is 19.2 Å². The first-order valence-electron chi connectivity index (χ1n) is 4.83. The number of hydrogen-bond donors (Lipinski definition) is 1. The lowest BCUT2D eigenvalue weighted by molar-refractivity contribution is -0.132. The van der Waals surface area contributed by atoms with E-state index in [1.165, 1.54) is 11.0 Å². The van der Waals surface area contributed by atoms with Crippen LogP contribution in [0.3, 0.4) is 0 Å². The molecule has 1 rings (SSSR count). The number of carbonyl (C=O) groups excluding carboxylic acids is 1. The highest BCUT2D eigenvalue weighted by atomic mass is 79.9. The van der Waals surface area contributed by atoms with Crippen LogP contribution in [-0.2, 0) is 11.2 Å². The van der Waals surface area contributed by atoms with Gasteiger partial charge in [-0.25, -0.2) is 4.39 Å². The second kappa shape index (κ2) is 5.96. The minimum Gasteiger partial charge on any atom is -0.387 e. The van der Waals surface area contributed by atoms with Gasteiger partial charge < -0.3 is 10.0 Å². The summed E-state index contributed by atoms with van der Waals surface area (Å²) in [6.45, 7) is -0.135. The second-order valence-electron chi connectivity index (χ2n) is 3.46. The Labute approximate surface area is 102 Å². The van der Waals surface area contributed by atoms with Crippen LogP contribution in [0, 0.1) is 5.82 Å². The first-order valence-corrected chi connectivity index (χ1v) is 5.62. The molecule has 16 heavy (non-hydrogen) atoms. The van der Waals surface area contributed by atoms with Crippen LogP contribution in [0.2, 0.25) is 0 Å². The lowest BCUT2D eigenvalue weighted by Crippen LogP contribution is -2.31. The molecule has 1 N–H and O–H groups in total. The largest absolute Gasteiger partial charge is 0.387 e. The van der Waals surface area contributed by atoms with Crippen molar-refractivity contribution in [3.63, 3.8) is 0 Å². The van der Waals surface area contributed by atoms with E-state index in [-0.39, 0.29) is 11.7 Å². The Kier molecular flexibility index (Phi) is 4.89. The zero-order valence-electron chi connectivity index (χ0n) is 8.91. The highest BCUT2D eigenvalue weighted by Gasteiger charge is 2.08. The molecule has 0 aliphatic carbocycles. The van der Waals surface area contributed by atoms with Gasteiger partial charge in [0.15, 0.2) is 0 Å². The molecule has 0 atom stereocenters. The van der Waals surface area contributed by atoms with Gasteiger partial charge in [-0.3, -0.25) is 4.79 Å². The van der Waals surface area contributed by atoms with Gasteiger partial charge in [-0.1, -0.05) is 15.9 Å². The number of aliphatic hydroxyl groups is 1. The maximum atomic E-state index is 13.3. The van der Waals surface area contributed by atoms with Crippen LogP contribution in [0.1, 0.15) is 5.56 Å². The molecule has 0 aromatic heterocycles. The minimum atomic E-state index is -0.516. The van der Waals surface area contributed by atoms with E-state index >= 15 is 0 Å². The summed E-state index contributed by atoms with van der Waals surface area (Å²) in [5.74, 6) is -0.650. The number of amides is 1. The molecule has 1 amide bonds. The molecule has 0 unspecified atom stereocenters. The van der Waals surface area contributed by atoms with Crippen LogP contribution in [0.25, 0.3) is 0 Å². The highest BCUT2D eigenvalue weighted by Crippen LogP contribution is 2.16. The Morgan fingerprint density at radius 2 is 2.25 bits per heavy atom. The van der Waals surface area contributed by atoms with E-state index in [9.17, 15) is 9.18 Å². The topological polar surface area (TPSA) is 40.5 Å². The number of benzene rings is 1. The van der Waals surface area contributed by atoms with E-state index < -0.39 is 6.61 Å². The summed E-state index contributed by atoms with van der Waals surface area (Å²) < 4.78 is 14.1. The third kappa shape index (κ3) is 3.57. The number of nitrogens with zero attached hydrogens (tertiary/aromatic N) is 1. The van der Waals surface area contributed by atoms with E-state index in [2.05, 4.69) is 15.9 Å². The number of likely N-dealkylation sites (N-methyl/N-ethyl adjacent to an activating group) is 1. The van der Waals surface area contributed by atoms with E-state index in [1.807, 2.05) is 0 Å². The summed E-state index contributed by atoms with van der Waals surface area (Å²) in [5, 5.41) is 8.63. The highest BCUT2D eigenvalue weighted by molar-refractivity contribution is 9.10. The van der Waals surface area contributed by atoms with Gasteiger partial charge in [0, 0.05) is 18.1 Å². The SMILES string of the molecule is CN(CCc1cc(Br)ccc1F)C(=O)CO. The third-order valence-electron chi connectivity index (χ3n) is 2.29. The van der Waals surface area contributed by atoms with Gasteiger partial charge in [0.25, 0.3) is 0 Å². The number of carbonyl (C=O) groups is 1. The summed E-state index contributed by atoms with van der Waals surface area (Å²) in [7, 11) is 1.58. The zero-order chi connectivity index (χ0) is 12.1. The first kappa shape index (κ1) is 13.1. The van der Waals surface area contributed by atoms with Crippen molar-refractivity contribution in [2.24, 2.45) is 0 Å². The number of aliphatic hydroxyl groups excluding tert-OH is 1. The van der Waals surface area contributed by atoms with Crippen molar-refractivity contribution < 1.29 is 14.3 Å². The lowest BCUT2D eigenvalue weighted by Gasteiger charge is -2.15. The fourth-order valence-corrected chi connectivity index (χ4v) is 1.68. The molecule has 0 fully saturated rings. The standard InChI is InChI=1S/C11H13BrFNO2/c1-14(11(16)7-15)5-4-8-6-9(12)2-3-10(8)13/h2-3,6,15H,4-5,7H2,1H3. The average Bonchev–Trinajstić information content (AvgIpc) is 2.28. The Morgan fingerprint density at radius 1 is 1.56 bits per heavy atom. The van der Waals surface area contributed by atoms with Crippen molar-refractivity contribution in [2.45, 2.75) is 6.42 Å². The molecule has 88 valence electrons. The summed E-state index contributed by atoms with van der Waals surface area (Å²) in [4.78, 5) is 12.4. The van der Waals surface area contributed by atoms with Gasteiger partial charge in [-0.15, -0.1) is 0 Å².